The largest absolute Gasteiger partial charge is 0.494 e. The number of hydrogen-bond acceptors (Lipinski definition) is 4. The highest BCUT2D eigenvalue weighted by Crippen LogP contribution is 2.36. The van der Waals surface area contributed by atoms with Gasteiger partial charge in [-0.2, -0.15) is 0 Å². The van der Waals surface area contributed by atoms with Crippen LogP contribution in [0.15, 0.2) is 42.5 Å². The molecule has 5 nitrogen and oxygen atoms in total. The van der Waals surface area contributed by atoms with Crippen LogP contribution in [-0.2, 0) is 22.5 Å². The maximum Gasteiger partial charge on any atom is 0.412 e. The number of benzene rings is 2. The van der Waals surface area contributed by atoms with E-state index in [-0.39, 0.29) is 12.4 Å². The summed E-state index contributed by atoms with van der Waals surface area (Å²) >= 11 is 0. The van der Waals surface area contributed by atoms with Crippen LogP contribution in [0.2, 0.25) is 0 Å². The first-order valence-electron chi connectivity index (χ1n) is 9.30. The smallest absolute Gasteiger partial charge is 0.412 e. The van der Waals surface area contributed by atoms with Crippen molar-refractivity contribution in [2.75, 3.05) is 13.7 Å². The number of hydrogen-bond donors (Lipinski definition) is 0. The van der Waals surface area contributed by atoms with E-state index in [4.69, 9.17) is 14.2 Å². The van der Waals surface area contributed by atoms with E-state index in [0.29, 0.717) is 24.1 Å². The van der Waals surface area contributed by atoms with Gasteiger partial charge in [-0.15, -0.1) is 0 Å². The molecular formula is C22H26FNO4. The highest BCUT2D eigenvalue weighted by atomic mass is 19.1. The van der Waals surface area contributed by atoms with Gasteiger partial charge in [0.15, 0.2) is 17.8 Å². The molecule has 0 saturated heterocycles. The summed E-state index contributed by atoms with van der Waals surface area (Å²) in [5, 5.41) is 0. The molecule has 2 aromatic carbocycles. The number of carbonyl (C=O) groups is 1. The average Bonchev–Trinajstić information content (AvgIpc) is 2.66. The minimum atomic E-state index is -0.737. The molecule has 0 saturated carbocycles. The molecule has 1 unspecified atom stereocenters. The molecule has 0 N–H and O–H groups in total. The lowest BCUT2D eigenvalue weighted by Gasteiger charge is -2.38. The predicted molar refractivity (Wildman–Crippen MR) is 104 cm³/mol. The van der Waals surface area contributed by atoms with Crippen molar-refractivity contribution in [2.45, 2.75) is 45.6 Å². The topological polar surface area (TPSA) is 48.0 Å². The first kappa shape index (κ1) is 20.1. The molecule has 3 rings (SSSR count). The van der Waals surface area contributed by atoms with Crippen molar-refractivity contribution in [2.24, 2.45) is 0 Å². The molecule has 0 spiro atoms. The van der Waals surface area contributed by atoms with Crippen molar-refractivity contribution in [3.63, 3.8) is 0 Å². The molecular weight excluding hydrogens is 361 g/mol. The van der Waals surface area contributed by atoms with Gasteiger partial charge in [-0.3, -0.25) is 4.90 Å². The third-order valence-electron chi connectivity index (χ3n) is 4.49. The van der Waals surface area contributed by atoms with Crippen LogP contribution in [0.5, 0.6) is 5.75 Å². The summed E-state index contributed by atoms with van der Waals surface area (Å²) in [6.45, 7) is 6.02. The van der Waals surface area contributed by atoms with Crippen molar-refractivity contribution >= 4 is 6.09 Å². The van der Waals surface area contributed by atoms with Crippen LogP contribution in [0.1, 0.15) is 43.7 Å². The third kappa shape index (κ3) is 4.44. The maximum absolute atomic E-state index is 14.8. The van der Waals surface area contributed by atoms with Crippen LogP contribution in [0.3, 0.4) is 0 Å². The summed E-state index contributed by atoms with van der Waals surface area (Å²) in [5.41, 5.74) is 1.46. The Morgan fingerprint density at radius 1 is 1.18 bits per heavy atom. The second kappa shape index (κ2) is 8.19. The SMILES string of the molecule is COc1ccc2c(c1F)CCN(C(=O)OC(C)(C)C)C2OCc1ccccc1. The van der Waals surface area contributed by atoms with E-state index in [1.165, 1.54) is 12.0 Å². The predicted octanol–water partition coefficient (Wildman–Crippen LogP) is 4.84. The monoisotopic (exact) mass is 387 g/mol. The Bertz CT molecular complexity index is 832. The van der Waals surface area contributed by atoms with Crippen LogP contribution in [-0.4, -0.2) is 30.2 Å². The van der Waals surface area contributed by atoms with Crippen molar-refractivity contribution in [3.05, 3.63) is 65.0 Å². The molecule has 6 heteroatoms. The van der Waals surface area contributed by atoms with Gasteiger partial charge in [0.2, 0.25) is 0 Å². The van der Waals surface area contributed by atoms with Crippen molar-refractivity contribution in [1.82, 2.24) is 4.90 Å². The standard InChI is InChI=1S/C22H26FNO4/c1-22(2,3)28-21(25)24-13-12-16-17(10-11-18(26-4)19(16)23)20(24)27-14-15-8-6-5-7-9-15/h5-11,20H,12-14H2,1-4H3. The molecule has 0 aliphatic carbocycles. The fraction of sp³-hybridized carbons (Fsp3) is 0.409. The van der Waals surface area contributed by atoms with Crippen molar-refractivity contribution < 1.29 is 23.4 Å². The van der Waals surface area contributed by atoms with Crippen LogP contribution >= 0.6 is 0 Å². The molecule has 28 heavy (non-hydrogen) atoms. The number of nitrogens with zero attached hydrogens (tertiary/aromatic N) is 1. The minimum Gasteiger partial charge on any atom is -0.494 e. The maximum atomic E-state index is 14.8. The first-order chi connectivity index (χ1) is 13.3. The number of carbonyl (C=O) groups excluding carboxylic acids is 1. The number of amides is 1. The van der Waals surface area contributed by atoms with Crippen molar-refractivity contribution in [3.8, 4) is 5.75 Å². The molecule has 150 valence electrons. The summed E-state index contributed by atoms with van der Waals surface area (Å²) < 4.78 is 31.5. The molecule has 1 aliphatic rings. The van der Waals surface area contributed by atoms with E-state index in [0.717, 1.165) is 5.56 Å². The van der Waals surface area contributed by atoms with Gasteiger partial charge in [-0.1, -0.05) is 36.4 Å². The van der Waals surface area contributed by atoms with Crippen LogP contribution in [0, 0.1) is 5.82 Å². The van der Waals surface area contributed by atoms with E-state index < -0.39 is 23.7 Å². The van der Waals surface area contributed by atoms with Gasteiger partial charge < -0.3 is 14.2 Å². The van der Waals surface area contributed by atoms with Gasteiger partial charge in [-0.05, 0) is 38.8 Å². The van der Waals surface area contributed by atoms with Gasteiger partial charge in [0, 0.05) is 17.7 Å². The first-order valence-corrected chi connectivity index (χ1v) is 9.30. The molecule has 1 heterocycles. The fourth-order valence-corrected chi connectivity index (χ4v) is 3.21. The molecule has 0 bridgehead atoms. The number of rotatable bonds is 4. The highest BCUT2D eigenvalue weighted by molar-refractivity contribution is 5.69. The van der Waals surface area contributed by atoms with Crippen molar-refractivity contribution in [1.29, 1.82) is 0 Å². The quantitative estimate of drug-likeness (QED) is 0.753. The average molecular weight is 387 g/mol. The second-order valence-corrected chi connectivity index (χ2v) is 7.72. The normalized spacial score (nSPS) is 16.5. The van der Waals surface area contributed by atoms with E-state index in [9.17, 15) is 9.18 Å². The molecule has 2 aromatic rings. The number of methoxy groups -OCH3 is 1. The Morgan fingerprint density at radius 3 is 2.54 bits per heavy atom. The zero-order valence-corrected chi connectivity index (χ0v) is 16.7. The number of fused-ring (bicyclic) bond motifs is 1. The van der Waals surface area contributed by atoms with Gasteiger partial charge >= 0.3 is 6.09 Å². The zero-order valence-electron chi connectivity index (χ0n) is 16.7. The van der Waals surface area contributed by atoms with Gasteiger partial charge in [0.25, 0.3) is 0 Å². The Kier molecular flexibility index (Phi) is 5.89. The Balaban J connectivity index is 1.92. The summed E-state index contributed by atoms with van der Waals surface area (Å²) in [4.78, 5) is 14.3. The molecule has 1 amide bonds. The summed E-state index contributed by atoms with van der Waals surface area (Å²) in [7, 11) is 1.43. The Morgan fingerprint density at radius 2 is 1.89 bits per heavy atom. The van der Waals surface area contributed by atoms with E-state index in [1.807, 2.05) is 51.1 Å². The molecule has 1 aliphatic heterocycles. The zero-order chi connectivity index (χ0) is 20.3. The van der Waals surface area contributed by atoms with Crippen LogP contribution < -0.4 is 4.74 Å². The fourth-order valence-electron chi connectivity index (χ4n) is 3.21. The van der Waals surface area contributed by atoms with Crippen LogP contribution in [0.4, 0.5) is 9.18 Å². The second-order valence-electron chi connectivity index (χ2n) is 7.72. The van der Waals surface area contributed by atoms with Gasteiger partial charge in [0.05, 0.1) is 13.7 Å². The van der Waals surface area contributed by atoms with E-state index >= 15 is 0 Å². The number of halogens is 1. The Labute approximate surface area is 165 Å². The molecule has 0 aromatic heterocycles. The third-order valence-corrected chi connectivity index (χ3v) is 4.49. The molecule has 0 fully saturated rings. The van der Waals surface area contributed by atoms with Gasteiger partial charge in [0.1, 0.15) is 5.60 Å². The van der Waals surface area contributed by atoms with E-state index in [2.05, 4.69) is 0 Å². The Hall–Kier alpha value is -2.60. The summed E-state index contributed by atoms with van der Waals surface area (Å²) in [5.74, 6) is -0.219. The van der Waals surface area contributed by atoms with E-state index in [1.54, 1.807) is 12.1 Å². The van der Waals surface area contributed by atoms with Crippen LogP contribution in [0.25, 0.3) is 0 Å². The molecule has 0 radical (unpaired) electrons. The molecule has 1 atom stereocenters. The number of ether oxygens (including phenoxy) is 3. The lowest BCUT2D eigenvalue weighted by atomic mass is 9.97. The lowest BCUT2D eigenvalue weighted by molar-refractivity contribution is -0.0821. The summed E-state index contributed by atoms with van der Waals surface area (Å²) in [6.07, 6.45) is -0.852. The lowest BCUT2D eigenvalue weighted by Crippen LogP contribution is -2.44. The summed E-state index contributed by atoms with van der Waals surface area (Å²) in [6, 6.07) is 13.0. The van der Waals surface area contributed by atoms with Gasteiger partial charge in [-0.25, -0.2) is 9.18 Å². The minimum absolute atomic E-state index is 0.186. The highest BCUT2D eigenvalue weighted by Gasteiger charge is 2.36.